The van der Waals surface area contributed by atoms with Crippen LogP contribution in [0.3, 0.4) is 0 Å². The Balaban J connectivity index is 2.15. The largest absolute Gasteiger partial charge is 0.459 e. The van der Waals surface area contributed by atoms with Crippen LogP contribution in [-0.2, 0) is 33.3 Å². The molecule has 4 N–H and O–H groups in total. The van der Waals surface area contributed by atoms with Crippen molar-refractivity contribution in [2.75, 3.05) is 27.7 Å². The number of esters is 1. The lowest BCUT2D eigenvalue weighted by atomic mass is 9.77. The summed E-state index contributed by atoms with van der Waals surface area (Å²) in [6, 6.07) is -0.789. The number of hydrogen-bond acceptors (Lipinski definition) is 13. The first-order chi connectivity index (χ1) is 23.0. The van der Waals surface area contributed by atoms with Gasteiger partial charge in [0.1, 0.15) is 30.0 Å². The van der Waals surface area contributed by atoms with Crippen LogP contribution < -0.4 is 0 Å². The Morgan fingerprint density at radius 3 is 2.14 bits per heavy atom. The maximum atomic E-state index is 14.1. The van der Waals surface area contributed by atoms with Gasteiger partial charge in [-0.05, 0) is 87.9 Å². The van der Waals surface area contributed by atoms with Gasteiger partial charge < -0.3 is 53.9 Å². The minimum Gasteiger partial charge on any atom is -0.459 e. The number of aliphatic hydroxyl groups excluding tert-OH is 2. The summed E-state index contributed by atoms with van der Waals surface area (Å²) in [6.45, 7) is 18.1. The molecule has 3 aliphatic rings. The van der Waals surface area contributed by atoms with Crippen LogP contribution >= 0.6 is 0 Å². The minimum atomic E-state index is -1.79. The number of hydrogen-bond donors (Lipinski definition) is 4. The molecule has 0 spiro atoms. The van der Waals surface area contributed by atoms with Gasteiger partial charge in [0.15, 0.2) is 18.4 Å². The third kappa shape index (κ3) is 9.83. The van der Waals surface area contributed by atoms with Gasteiger partial charge in [-0.3, -0.25) is 9.59 Å². The predicted molar refractivity (Wildman–Crippen MR) is 187 cm³/mol. The SMILES string of the molecule is CC[C@@H]1OC(=O)[C@H](C)[C@H](O[C@H]2C[C@@H](C)C(=O)[C@H](C)O2)[C@H](C)[C@@H](O[C@@H]2O[C@H](C)C[C@H](N(C)C)[C@H]2O)[C@@](C)(O)C[C@@H](C)CN(C)[C@@H](C)[C@@H](O)[C@]1(C)O. The third-order valence-corrected chi connectivity index (χ3v) is 11.5. The molecule has 0 amide bonds. The van der Waals surface area contributed by atoms with Crippen molar-refractivity contribution < 1.29 is 53.7 Å². The van der Waals surface area contributed by atoms with E-state index in [0.29, 0.717) is 13.0 Å². The van der Waals surface area contributed by atoms with E-state index in [1.807, 2.05) is 58.6 Å². The van der Waals surface area contributed by atoms with Crippen molar-refractivity contribution >= 4 is 11.8 Å². The maximum Gasteiger partial charge on any atom is 0.311 e. The molecule has 13 heteroatoms. The lowest BCUT2D eigenvalue weighted by Crippen LogP contribution is -2.59. The highest BCUT2D eigenvalue weighted by Crippen LogP contribution is 2.39. The minimum absolute atomic E-state index is 0.0377. The van der Waals surface area contributed by atoms with E-state index >= 15 is 0 Å². The van der Waals surface area contributed by atoms with E-state index in [1.165, 1.54) is 6.92 Å². The van der Waals surface area contributed by atoms with E-state index in [2.05, 4.69) is 0 Å². The van der Waals surface area contributed by atoms with Gasteiger partial charge in [-0.2, -0.15) is 0 Å². The Bertz CT molecular complexity index is 1110. The van der Waals surface area contributed by atoms with E-state index in [1.54, 1.807) is 34.6 Å². The summed E-state index contributed by atoms with van der Waals surface area (Å²) in [7, 11) is 5.61. The predicted octanol–water partition coefficient (Wildman–Crippen LogP) is 2.34. The second kappa shape index (κ2) is 17.3. The summed E-state index contributed by atoms with van der Waals surface area (Å²) in [5, 5.41) is 47.0. The van der Waals surface area contributed by atoms with Crippen LogP contribution in [0.15, 0.2) is 0 Å². The van der Waals surface area contributed by atoms with E-state index in [9.17, 15) is 30.0 Å². The summed E-state index contributed by atoms with van der Waals surface area (Å²) in [6.07, 6.45) is -6.91. The lowest BCUT2D eigenvalue weighted by molar-refractivity contribution is -0.306. The number of carbonyl (C=O) groups is 2. The topological polar surface area (TPSA) is 168 Å². The molecule has 3 rings (SSSR count). The Morgan fingerprint density at radius 1 is 0.960 bits per heavy atom. The molecule has 0 unspecified atom stereocenters. The maximum absolute atomic E-state index is 14.1. The summed E-state index contributed by atoms with van der Waals surface area (Å²) in [5.41, 5.74) is -3.32. The van der Waals surface area contributed by atoms with Gasteiger partial charge in [0, 0.05) is 36.9 Å². The van der Waals surface area contributed by atoms with Gasteiger partial charge in [0.2, 0.25) is 0 Å². The van der Waals surface area contributed by atoms with E-state index in [0.717, 1.165) is 0 Å². The van der Waals surface area contributed by atoms with Crippen molar-refractivity contribution in [1.82, 2.24) is 9.80 Å². The van der Waals surface area contributed by atoms with Crippen LogP contribution in [0.25, 0.3) is 0 Å². The van der Waals surface area contributed by atoms with Crippen molar-refractivity contribution in [1.29, 1.82) is 0 Å². The standard InChI is InChI=1S/C37H68N2O11/c1-14-27-37(10,45)32(42)24(7)39(13)18-19(2)17-36(9,44)33(50-35-30(41)26(38(11)12)16-21(4)46-35)22(5)31(23(6)34(43)48-27)49-28-15-20(3)29(40)25(8)47-28/h19-28,30-33,35,41-42,44-45H,14-18H2,1-13H3/t19-,20-,21-,22+,23-,24+,25+,26+,27+,28+,30-,31-,32-,33-,35+,36+,37-/m1/s1. The monoisotopic (exact) mass is 716 g/mol. The van der Waals surface area contributed by atoms with Gasteiger partial charge in [0.05, 0.1) is 29.8 Å². The zero-order chi connectivity index (χ0) is 38.0. The molecule has 50 heavy (non-hydrogen) atoms. The van der Waals surface area contributed by atoms with Crippen molar-refractivity contribution in [3.05, 3.63) is 0 Å². The molecular formula is C37H68N2O11. The Morgan fingerprint density at radius 2 is 1.58 bits per heavy atom. The lowest BCUT2D eigenvalue weighted by Gasteiger charge is -2.47. The molecule has 13 nitrogen and oxygen atoms in total. The molecular weight excluding hydrogens is 648 g/mol. The van der Waals surface area contributed by atoms with Crippen molar-refractivity contribution in [3.8, 4) is 0 Å². The van der Waals surface area contributed by atoms with E-state index in [-0.39, 0.29) is 49.0 Å². The fourth-order valence-corrected chi connectivity index (χ4v) is 8.39. The van der Waals surface area contributed by atoms with E-state index < -0.39 is 84.3 Å². The highest BCUT2D eigenvalue weighted by atomic mass is 16.7. The zero-order valence-corrected chi connectivity index (χ0v) is 32.7. The number of likely N-dealkylation sites (N-methyl/N-ethyl adjacent to an activating group) is 2. The molecule has 0 aromatic rings. The number of rotatable bonds is 6. The van der Waals surface area contributed by atoms with Crippen LogP contribution in [0, 0.1) is 23.7 Å². The molecule has 0 radical (unpaired) electrons. The van der Waals surface area contributed by atoms with Crippen molar-refractivity contribution in [2.24, 2.45) is 23.7 Å². The molecule has 0 aliphatic carbocycles. The molecule has 0 saturated carbocycles. The highest BCUT2D eigenvalue weighted by molar-refractivity contribution is 5.85. The zero-order valence-electron chi connectivity index (χ0n) is 32.7. The highest BCUT2D eigenvalue weighted by Gasteiger charge is 2.51. The summed E-state index contributed by atoms with van der Waals surface area (Å²) in [5.74, 6) is -2.87. The molecule has 3 saturated heterocycles. The molecule has 3 heterocycles. The van der Waals surface area contributed by atoms with Gasteiger partial charge in [0.25, 0.3) is 0 Å². The normalized spacial score (nSPS) is 48.2. The number of Topliss-reactive ketones (excluding diaryl/α,β-unsaturated/α-hetero) is 1. The number of carbonyl (C=O) groups excluding carboxylic acids is 2. The van der Waals surface area contributed by atoms with Gasteiger partial charge >= 0.3 is 5.97 Å². The third-order valence-electron chi connectivity index (χ3n) is 11.5. The average molecular weight is 717 g/mol. The van der Waals surface area contributed by atoms with Crippen LogP contribution in [-0.4, -0.2) is 148 Å². The molecule has 17 atom stereocenters. The number of ketones is 1. The molecule has 3 aliphatic heterocycles. The van der Waals surface area contributed by atoms with Crippen molar-refractivity contribution in [3.63, 3.8) is 0 Å². The van der Waals surface area contributed by atoms with Crippen LogP contribution in [0.5, 0.6) is 0 Å². The number of aliphatic hydroxyl groups is 4. The molecule has 292 valence electrons. The van der Waals surface area contributed by atoms with E-state index in [4.69, 9.17) is 23.7 Å². The first kappa shape index (κ1) is 43.1. The fourth-order valence-electron chi connectivity index (χ4n) is 8.39. The summed E-state index contributed by atoms with van der Waals surface area (Å²) < 4.78 is 31.5. The quantitative estimate of drug-likeness (QED) is 0.296. The average Bonchev–Trinajstić information content (AvgIpc) is 3.02. The fraction of sp³-hybridized carbons (Fsp3) is 0.946. The summed E-state index contributed by atoms with van der Waals surface area (Å²) >= 11 is 0. The van der Waals surface area contributed by atoms with Gasteiger partial charge in [-0.25, -0.2) is 0 Å². The van der Waals surface area contributed by atoms with Crippen LogP contribution in [0.2, 0.25) is 0 Å². The molecule has 0 aromatic carbocycles. The Kier molecular flexibility index (Phi) is 14.9. The van der Waals surface area contributed by atoms with Gasteiger partial charge in [-0.15, -0.1) is 0 Å². The molecule has 0 aromatic heterocycles. The molecule has 3 fully saturated rings. The second-order valence-corrected chi connectivity index (χ2v) is 16.5. The van der Waals surface area contributed by atoms with Crippen LogP contribution in [0.1, 0.15) is 94.9 Å². The Labute approximate surface area is 299 Å². The number of nitrogens with zero attached hydrogens (tertiary/aromatic N) is 2. The number of ether oxygens (including phenoxy) is 5. The molecule has 0 bridgehead atoms. The number of cyclic esters (lactones) is 1. The first-order valence-corrected chi connectivity index (χ1v) is 18.6. The first-order valence-electron chi connectivity index (χ1n) is 18.6. The smallest absolute Gasteiger partial charge is 0.311 e. The van der Waals surface area contributed by atoms with Gasteiger partial charge in [-0.1, -0.05) is 27.7 Å². The van der Waals surface area contributed by atoms with Crippen LogP contribution in [0.4, 0.5) is 0 Å². The second-order valence-electron chi connectivity index (χ2n) is 16.5. The Hall–Kier alpha value is -1.26. The van der Waals surface area contributed by atoms with Crippen molar-refractivity contribution in [2.45, 2.75) is 174 Å². The summed E-state index contributed by atoms with van der Waals surface area (Å²) in [4.78, 5) is 30.6.